The second-order valence-corrected chi connectivity index (χ2v) is 8.74. The van der Waals surface area contributed by atoms with Crippen LogP contribution in [0.5, 0.6) is 0 Å². The monoisotopic (exact) mass is 471 g/mol. The standard InChI is InChI=1S/C22H18BrNO4S/c1-12-7-9-29-21(12)18-17(19(25)14-5-6-16(23)13(2)10-14)20(26)22(27)24(18)11-15-4-3-8-28-15/h3-10,18,25H,11H2,1-2H3/b19-17-. The third-order valence-electron chi connectivity index (χ3n) is 5.03. The summed E-state index contributed by atoms with van der Waals surface area (Å²) in [5, 5.41) is 13.0. The lowest BCUT2D eigenvalue weighted by molar-refractivity contribution is -0.140. The van der Waals surface area contributed by atoms with Gasteiger partial charge >= 0.3 is 0 Å². The molecule has 3 heterocycles. The van der Waals surface area contributed by atoms with Crippen molar-refractivity contribution in [2.24, 2.45) is 0 Å². The van der Waals surface area contributed by atoms with E-state index in [1.807, 2.05) is 31.4 Å². The Labute approximate surface area is 180 Å². The number of ketones is 1. The number of aryl methyl sites for hydroxylation is 2. The van der Waals surface area contributed by atoms with E-state index in [9.17, 15) is 14.7 Å². The summed E-state index contributed by atoms with van der Waals surface area (Å²) in [6, 6.07) is 10.1. The number of thiophene rings is 1. The maximum atomic E-state index is 13.0. The van der Waals surface area contributed by atoms with E-state index >= 15 is 0 Å². The zero-order valence-corrected chi connectivity index (χ0v) is 18.2. The van der Waals surface area contributed by atoms with Gasteiger partial charge in [0.25, 0.3) is 11.7 Å². The van der Waals surface area contributed by atoms with Crippen LogP contribution in [0.15, 0.2) is 62.5 Å². The Bertz CT molecular complexity index is 1130. The highest BCUT2D eigenvalue weighted by molar-refractivity contribution is 9.10. The van der Waals surface area contributed by atoms with Crippen molar-refractivity contribution in [1.82, 2.24) is 4.90 Å². The summed E-state index contributed by atoms with van der Waals surface area (Å²) in [6.07, 6.45) is 1.53. The van der Waals surface area contributed by atoms with Gasteiger partial charge in [0.15, 0.2) is 0 Å². The minimum absolute atomic E-state index is 0.105. The van der Waals surface area contributed by atoms with Gasteiger partial charge in [-0.25, -0.2) is 0 Å². The number of benzene rings is 1. The first-order chi connectivity index (χ1) is 13.9. The molecule has 1 unspecified atom stereocenters. The summed E-state index contributed by atoms with van der Waals surface area (Å²) in [6.45, 7) is 3.98. The molecular weight excluding hydrogens is 454 g/mol. The predicted molar refractivity (Wildman–Crippen MR) is 114 cm³/mol. The number of aliphatic hydroxyl groups is 1. The molecule has 7 heteroatoms. The van der Waals surface area contributed by atoms with E-state index in [1.54, 1.807) is 24.3 Å². The minimum atomic E-state index is -0.688. The van der Waals surface area contributed by atoms with Crippen molar-refractivity contribution in [3.63, 3.8) is 0 Å². The molecule has 1 aromatic carbocycles. The van der Waals surface area contributed by atoms with Crippen LogP contribution in [-0.4, -0.2) is 21.7 Å². The number of amides is 1. The average Bonchev–Trinajstić information content (AvgIpc) is 3.41. The van der Waals surface area contributed by atoms with Crippen LogP contribution >= 0.6 is 27.3 Å². The molecule has 1 aliphatic heterocycles. The van der Waals surface area contributed by atoms with Crippen LogP contribution in [0.3, 0.4) is 0 Å². The maximum absolute atomic E-state index is 13.0. The fourth-order valence-corrected chi connectivity index (χ4v) is 4.79. The van der Waals surface area contributed by atoms with Gasteiger partial charge in [-0.1, -0.05) is 22.0 Å². The summed E-state index contributed by atoms with van der Waals surface area (Å²) in [5.74, 6) is -0.925. The van der Waals surface area contributed by atoms with Crippen LogP contribution in [-0.2, 0) is 16.1 Å². The lowest BCUT2D eigenvalue weighted by Gasteiger charge is -2.24. The molecule has 1 atom stereocenters. The third-order valence-corrected chi connectivity index (χ3v) is 6.99. The highest BCUT2D eigenvalue weighted by atomic mass is 79.9. The number of aliphatic hydroxyl groups excluding tert-OH is 1. The largest absolute Gasteiger partial charge is 0.507 e. The van der Waals surface area contributed by atoms with Gasteiger partial charge in [-0.2, -0.15) is 0 Å². The van der Waals surface area contributed by atoms with E-state index in [0.29, 0.717) is 11.3 Å². The van der Waals surface area contributed by atoms with Crippen molar-refractivity contribution in [2.45, 2.75) is 26.4 Å². The normalized spacial score (nSPS) is 18.6. The topological polar surface area (TPSA) is 70.8 Å². The maximum Gasteiger partial charge on any atom is 0.296 e. The molecule has 0 aliphatic carbocycles. The van der Waals surface area contributed by atoms with Crippen LogP contribution < -0.4 is 0 Å². The minimum Gasteiger partial charge on any atom is -0.507 e. The van der Waals surface area contributed by atoms with Gasteiger partial charge in [0.05, 0.1) is 18.4 Å². The second-order valence-electron chi connectivity index (χ2n) is 6.94. The number of carbonyl (C=O) groups excluding carboxylic acids is 2. The van der Waals surface area contributed by atoms with E-state index in [2.05, 4.69) is 15.9 Å². The molecule has 1 fully saturated rings. The van der Waals surface area contributed by atoms with Gasteiger partial charge in [-0.15, -0.1) is 11.3 Å². The number of rotatable bonds is 4. The first-order valence-corrected chi connectivity index (χ1v) is 10.7. The van der Waals surface area contributed by atoms with Crippen LogP contribution in [0.1, 0.15) is 33.4 Å². The Morgan fingerprint density at radius 3 is 2.62 bits per heavy atom. The van der Waals surface area contributed by atoms with Crippen molar-refractivity contribution in [1.29, 1.82) is 0 Å². The summed E-state index contributed by atoms with van der Waals surface area (Å²) in [4.78, 5) is 28.2. The van der Waals surface area contributed by atoms with Gasteiger partial charge in [0.1, 0.15) is 17.6 Å². The van der Waals surface area contributed by atoms with Crippen LogP contribution in [0.25, 0.3) is 5.76 Å². The molecule has 1 aliphatic rings. The molecular formula is C22H18BrNO4S. The Morgan fingerprint density at radius 1 is 1.21 bits per heavy atom. The Hall–Kier alpha value is -2.64. The van der Waals surface area contributed by atoms with Gasteiger partial charge in [-0.3, -0.25) is 9.59 Å². The fraction of sp³-hybridized carbons (Fsp3) is 0.182. The number of furan rings is 1. The Kier molecular flexibility index (Phi) is 5.19. The van der Waals surface area contributed by atoms with E-state index in [1.165, 1.54) is 22.5 Å². The zero-order valence-electron chi connectivity index (χ0n) is 15.8. The number of hydrogen-bond acceptors (Lipinski definition) is 5. The number of carbonyl (C=O) groups is 2. The van der Waals surface area contributed by atoms with Crippen LogP contribution in [0.2, 0.25) is 0 Å². The highest BCUT2D eigenvalue weighted by Gasteiger charge is 2.47. The summed E-state index contributed by atoms with van der Waals surface area (Å²) < 4.78 is 6.30. The number of likely N-dealkylation sites (tertiary alicyclic amines) is 1. The van der Waals surface area contributed by atoms with Crippen molar-refractivity contribution in [3.05, 3.63) is 85.4 Å². The molecule has 0 bridgehead atoms. The van der Waals surface area contributed by atoms with E-state index in [4.69, 9.17) is 4.42 Å². The number of hydrogen-bond donors (Lipinski definition) is 1. The number of nitrogens with zero attached hydrogens (tertiary/aromatic N) is 1. The predicted octanol–water partition coefficient (Wildman–Crippen LogP) is 5.34. The van der Waals surface area contributed by atoms with Crippen molar-refractivity contribution in [2.75, 3.05) is 0 Å². The van der Waals surface area contributed by atoms with E-state index in [-0.39, 0.29) is 17.9 Å². The molecule has 0 spiro atoms. The molecule has 29 heavy (non-hydrogen) atoms. The van der Waals surface area contributed by atoms with E-state index in [0.717, 1.165) is 20.5 Å². The van der Waals surface area contributed by atoms with Crippen molar-refractivity contribution in [3.8, 4) is 0 Å². The average molecular weight is 472 g/mol. The Balaban J connectivity index is 1.88. The highest BCUT2D eigenvalue weighted by Crippen LogP contribution is 2.43. The third kappa shape index (κ3) is 3.45. The van der Waals surface area contributed by atoms with Crippen LogP contribution in [0.4, 0.5) is 0 Å². The second kappa shape index (κ2) is 7.65. The molecule has 0 saturated carbocycles. The molecule has 1 amide bonds. The van der Waals surface area contributed by atoms with Crippen LogP contribution in [0, 0.1) is 13.8 Å². The van der Waals surface area contributed by atoms with Crippen molar-refractivity contribution >= 4 is 44.7 Å². The molecule has 1 saturated heterocycles. The number of halogens is 1. The molecule has 0 radical (unpaired) electrons. The quantitative estimate of drug-likeness (QED) is 0.316. The fourth-order valence-electron chi connectivity index (χ4n) is 3.50. The smallest absolute Gasteiger partial charge is 0.296 e. The van der Waals surface area contributed by atoms with Gasteiger partial charge in [0.2, 0.25) is 0 Å². The van der Waals surface area contributed by atoms with Gasteiger partial charge in [-0.05, 0) is 60.7 Å². The lowest BCUT2D eigenvalue weighted by Crippen LogP contribution is -2.28. The summed E-state index contributed by atoms with van der Waals surface area (Å²) >= 11 is 4.90. The molecule has 1 N–H and O–H groups in total. The first-order valence-electron chi connectivity index (χ1n) is 8.99. The zero-order chi connectivity index (χ0) is 20.7. The first kappa shape index (κ1) is 19.7. The van der Waals surface area contributed by atoms with Crippen molar-refractivity contribution < 1.29 is 19.1 Å². The number of Topliss-reactive ketones (excluding diaryl/α,β-unsaturated/α-hetero) is 1. The summed E-state index contributed by atoms with van der Waals surface area (Å²) in [7, 11) is 0. The molecule has 3 aromatic rings. The summed E-state index contributed by atoms with van der Waals surface area (Å²) in [5.41, 5.74) is 2.49. The van der Waals surface area contributed by atoms with Gasteiger partial charge < -0.3 is 14.4 Å². The van der Waals surface area contributed by atoms with Gasteiger partial charge in [0, 0.05) is 14.9 Å². The Morgan fingerprint density at radius 2 is 2.00 bits per heavy atom. The SMILES string of the molecule is Cc1cc(/C(O)=C2/C(=O)C(=O)N(Cc3ccco3)C2c2sccc2C)ccc1Br. The molecule has 2 aromatic heterocycles. The lowest BCUT2D eigenvalue weighted by atomic mass is 9.97. The molecule has 4 rings (SSSR count). The molecule has 5 nitrogen and oxygen atoms in total. The van der Waals surface area contributed by atoms with E-state index < -0.39 is 17.7 Å². The molecule has 148 valence electrons.